The van der Waals surface area contributed by atoms with Gasteiger partial charge < -0.3 is 18.9 Å². The molecule has 0 unspecified atom stereocenters. The van der Waals surface area contributed by atoms with Gasteiger partial charge in [0.15, 0.2) is 23.0 Å². The van der Waals surface area contributed by atoms with E-state index in [1.165, 1.54) is 0 Å². The van der Waals surface area contributed by atoms with Crippen molar-refractivity contribution in [3.05, 3.63) is 77.1 Å². The summed E-state index contributed by atoms with van der Waals surface area (Å²) in [7, 11) is 0. The molecule has 130 valence electrons. The average molecular weight is 347 g/mol. The quantitative estimate of drug-likeness (QED) is 0.720. The Kier molecular flexibility index (Phi) is 3.63. The van der Waals surface area contributed by atoms with Gasteiger partial charge in [0.05, 0.1) is 0 Å². The minimum atomic E-state index is 0.294. The van der Waals surface area contributed by atoms with Crippen molar-refractivity contribution in [2.45, 2.75) is 12.8 Å². The summed E-state index contributed by atoms with van der Waals surface area (Å²) in [4.78, 5) is 4.81. The lowest BCUT2D eigenvalue weighted by Crippen LogP contribution is -1.98. The van der Waals surface area contributed by atoms with Crippen LogP contribution in [-0.4, -0.2) is 18.6 Å². The van der Waals surface area contributed by atoms with Crippen LogP contribution >= 0.6 is 0 Å². The van der Waals surface area contributed by atoms with Gasteiger partial charge in [-0.3, -0.25) is 4.98 Å². The molecule has 0 bridgehead atoms. The lowest BCUT2D eigenvalue weighted by molar-refractivity contribution is 0.173. The maximum absolute atomic E-state index is 5.45. The third-order valence-electron chi connectivity index (χ3n) is 4.51. The van der Waals surface area contributed by atoms with Crippen molar-refractivity contribution in [1.29, 1.82) is 0 Å². The molecule has 0 amide bonds. The molecule has 3 aromatic rings. The molecule has 1 aromatic heterocycles. The number of rotatable bonds is 4. The monoisotopic (exact) mass is 347 g/mol. The van der Waals surface area contributed by atoms with E-state index in [1.807, 2.05) is 36.4 Å². The summed E-state index contributed by atoms with van der Waals surface area (Å²) in [6, 6.07) is 18.2. The zero-order valence-corrected chi connectivity index (χ0v) is 14.1. The van der Waals surface area contributed by atoms with E-state index in [0.29, 0.717) is 13.6 Å². The zero-order chi connectivity index (χ0) is 17.3. The van der Waals surface area contributed by atoms with Gasteiger partial charge >= 0.3 is 0 Å². The highest BCUT2D eigenvalue weighted by molar-refractivity contribution is 5.46. The predicted octanol–water partition coefficient (Wildman–Crippen LogP) is 3.72. The summed E-state index contributed by atoms with van der Waals surface area (Å²) < 4.78 is 21.6. The summed E-state index contributed by atoms with van der Waals surface area (Å²) in [5, 5.41) is 0. The number of ether oxygens (including phenoxy) is 4. The second-order valence-electron chi connectivity index (χ2n) is 6.35. The molecule has 0 atom stereocenters. The summed E-state index contributed by atoms with van der Waals surface area (Å²) in [5.74, 6) is 3.22. The van der Waals surface area contributed by atoms with Crippen LogP contribution in [0, 0.1) is 0 Å². The van der Waals surface area contributed by atoms with Crippen LogP contribution in [0.4, 0.5) is 0 Å². The Labute approximate surface area is 151 Å². The molecule has 5 nitrogen and oxygen atoms in total. The molecular weight excluding hydrogens is 330 g/mol. The largest absolute Gasteiger partial charge is 0.454 e. The van der Waals surface area contributed by atoms with Crippen molar-refractivity contribution in [1.82, 2.24) is 4.98 Å². The fraction of sp³-hybridized carbons (Fsp3) is 0.190. The van der Waals surface area contributed by atoms with Gasteiger partial charge in [-0.05, 0) is 47.5 Å². The topological polar surface area (TPSA) is 49.8 Å². The number of nitrogens with zero attached hydrogens (tertiary/aromatic N) is 1. The first-order valence-electron chi connectivity index (χ1n) is 8.55. The minimum absolute atomic E-state index is 0.294. The van der Waals surface area contributed by atoms with Crippen LogP contribution in [-0.2, 0) is 12.8 Å². The number of aromatic nitrogens is 1. The normalized spacial score (nSPS) is 13.8. The van der Waals surface area contributed by atoms with Crippen LogP contribution < -0.4 is 18.9 Å². The molecule has 0 saturated heterocycles. The standard InChI is InChI=1S/C21H17NO4/c1-2-16(8-14-4-6-18-20(10-14)25-12-23-18)22-17(3-1)9-15-5-7-19-21(11-15)26-13-24-19/h1-7,10-11H,8-9,12-13H2. The van der Waals surface area contributed by atoms with E-state index in [4.69, 9.17) is 23.9 Å². The Balaban J connectivity index is 1.34. The molecular formula is C21H17NO4. The van der Waals surface area contributed by atoms with Crippen LogP contribution in [0.25, 0.3) is 0 Å². The lowest BCUT2D eigenvalue weighted by Gasteiger charge is -2.07. The van der Waals surface area contributed by atoms with E-state index in [-0.39, 0.29) is 0 Å². The Morgan fingerprint density at radius 3 is 1.65 bits per heavy atom. The summed E-state index contributed by atoms with van der Waals surface area (Å²) in [5.41, 5.74) is 4.37. The number of pyridine rings is 1. The molecule has 5 rings (SSSR count). The smallest absolute Gasteiger partial charge is 0.231 e. The van der Waals surface area contributed by atoms with E-state index in [9.17, 15) is 0 Å². The second-order valence-corrected chi connectivity index (χ2v) is 6.35. The maximum atomic E-state index is 5.45. The summed E-state index contributed by atoms with van der Waals surface area (Å²) >= 11 is 0. The first-order valence-corrected chi connectivity index (χ1v) is 8.55. The van der Waals surface area contributed by atoms with Gasteiger partial charge in [-0.25, -0.2) is 0 Å². The van der Waals surface area contributed by atoms with Crippen LogP contribution in [0.5, 0.6) is 23.0 Å². The molecule has 2 aromatic carbocycles. The van der Waals surface area contributed by atoms with Gasteiger partial charge in [-0.1, -0.05) is 18.2 Å². The van der Waals surface area contributed by atoms with E-state index >= 15 is 0 Å². The Hall–Kier alpha value is -3.21. The first kappa shape index (κ1) is 15.1. The molecule has 2 aliphatic rings. The molecule has 5 heteroatoms. The number of hydrogen-bond acceptors (Lipinski definition) is 5. The number of fused-ring (bicyclic) bond motifs is 2. The molecule has 0 aliphatic carbocycles. The molecule has 0 fully saturated rings. The van der Waals surface area contributed by atoms with Crippen molar-refractivity contribution in [2.24, 2.45) is 0 Å². The van der Waals surface area contributed by atoms with E-state index in [2.05, 4.69) is 18.2 Å². The van der Waals surface area contributed by atoms with Crippen LogP contribution in [0.3, 0.4) is 0 Å². The Morgan fingerprint density at radius 2 is 1.12 bits per heavy atom. The molecule has 3 heterocycles. The van der Waals surface area contributed by atoms with Crippen molar-refractivity contribution in [2.75, 3.05) is 13.6 Å². The van der Waals surface area contributed by atoms with E-state index in [1.54, 1.807) is 0 Å². The van der Waals surface area contributed by atoms with E-state index in [0.717, 1.165) is 58.4 Å². The van der Waals surface area contributed by atoms with E-state index < -0.39 is 0 Å². The molecule has 26 heavy (non-hydrogen) atoms. The van der Waals surface area contributed by atoms with Gasteiger partial charge in [-0.15, -0.1) is 0 Å². The van der Waals surface area contributed by atoms with Crippen molar-refractivity contribution in [3.8, 4) is 23.0 Å². The van der Waals surface area contributed by atoms with Gasteiger partial charge in [-0.2, -0.15) is 0 Å². The summed E-state index contributed by atoms with van der Waals surface area (Å²) in [6.45, 7) is 0.587. The van der Waals surface area contributed by atoms with Gasteiger partial charge in [0.2, 0.25) is 13.6 Å². The molecule has 2 aliphatic heterocycles. The highest BCUT2D eigenvalue weighted by Gasteiger charge is 2.15. The lowest BCUT2D eigenvalue weighted by atomic mass is 10.1. The SMILES string of the molecule is c1cc(Cc2ccc3c(c2)OCO3)nc(Cc2ccc3c(c2)OCO3)c1. The first-order chi connectivity index (χ1) is 12.8. The summed E-state index contributed by atoms with van der Waals surface area (Å²) in [6.07, 6.45) is 1.51. The van der Waals surface area contributed by atoms with Crippen LogP contribution in [0.1, 0.15) is 22.5 Å². The van der Waals surface area contributed by atoms with Crippen LogP contribution in [0.2, 0.25) is 0 Å². The molecule has 0 radical (unpaired) electrons. The second kappa shape index (κ2) is 6.26. The third-order valence-corrected chi connectivity index (χ3v) is 4.51. The van der Waals surface area contributed by atoms with Crippen molar-refractivity contribution in [3.63, 3.8) is 0 Å². The van der Waals surface area contributed by atoms with Crippen molar-refractivity contribution >= 4 is 0 Å². The van der Waals surface area contributed by atoms with Crippen molar-refractivity contribution < 1.29 is 18.9 Å². The highest BCUT2D eigenvalue weighted by atomic mass is 16.7. The predicted molar refractivity (Wildman–Crippen MR) is 95.0 cm³/mol. The molecule has 0 saturated carbocycles. The van der Waals surface area contributed by atoms with Crippen LogP contribution in [0.15, 0.2) is 54.6 Å². The van der Waals surface area contributed by atoms with Gasteiger partial charge in [0.1, 0.15) is 0 Å². The fourth-order valence-corrected chi connectivity index (χ4v) is 3.25. The molecule has 0 spiro atoms. The average Bonchev–Trinajstić information content (AvgIpc) is 3.30. The fourth-order valence-electron chi connectivity index (χ4n) is 3.25. The minimum Gasteiger partial charge on any atom is -0.454 e. The van der Waals surface area contributed by atoms with Gasteiger partial charge in [0.25, 0.3) is 0 Å². The Morgan fingerprint density at radius 1 is 0.615 bits per heavy atom. The number of hydrogen-bond donors (Lipinski definition) is 0. The third kappa shape index (κ3) is 2.92. The Bertz CT molecular complexity index is 895. The highest BCUT2D eigenvalue weighted by Crippen LogP contribution is 2.34. The van der Waals surface area contributed by atoms with Gasteiger partial charge in [0, 0.05) is 24.2 Å². The molecule has 0 N–H and O–H groups in total. The number of benzene rings is 2. The maximum Gasteiger partial charge on any atom is 0.231 e. The zero-order valence-electron chi connectivity index (χ0n) is 14.1.